The molecule has 0 aliphatic rings. The molecular weight excluding hydrogens is 114 g/mol. The maximum atomic E-state index is 9.24. The van der Waals surface area contributed by atoms with Gasteiger partial charge in [-0.25, -0.2) is 0 Å². The van der Waals surface area contributed by atoms with Crippen molar-refractivity contribution in [3.63, 3.8) is 0 Å². The summed E-state index contributed by atoms with van der Waals surface area (Å²) in [5.74, 6) is -0.968. The van der Waals surface area contributed by atoms with E-state index in [1.165, 1.54) is 0 Å². The standard InChI is InChI=1S/C2H5NO2.CH2O2/c3-1-2(4)5;2-1-3/h1,3H2,(H,4,5);1H,(H,2,3). The van der Waals surface area contributed by atoms with Crippen molar-refractivity contribution in [2.75, 3.05) is 6.54 Å². The molecule has 0 saturated carbocycles. The number of rotatable bonds is 1. The van der Waals surface area contributed by atoms with Crippen molar-refractivity contribution in [2.45, 2.75) is 0 Å². The van der Waals surface area contributed by atoms with E-state index in [0.29, 0.717) is 0 Å². The van der Waals surface area contributed by atoms with E-state index in [1.807, 2.05) is 0 Å². The summed E-state index contributed by atoms with van der Waals surface area (Å²) in [5, 5.41) is 14.5. The molecule has 4 N–H and O–H groups in total. The van der Waals surface area contributed by atoms with Crippen LogP contribution in [0.25, 0.3) is 0 Å². The van der Waals surface area contributed by atoms with Crippen LogP contribution >= 0.6 is 0 Å². The van der Waals surface area contributed by atoms with Gasteiger partial charge in [-0.1, -0.05) is 0 Å². The first kappa shape index (κ1) is 10.0. The molecule has 0 aromatic rings. The normalized spacial score (nSPS) is 6.12. The Balaban J connectivity index is 0. The molecule has 0 atom stereocenters. The molecule has 0 rings (SSSR count). The molecule has 0 aromatic carbocycles. The Morgan fingerprint density at radius 3 is 1.88 bits per heavy atom. The first-order valence-electron chi connectivity index (χ1n) is 1.68. The van der Waals surface area contributed by atoms with Crippen molar-refractivity contribution < 1.29 is 19.8 Å². The lowest BCUT2D eigenvalue weighted by molar-refractivity contribution is -0.135. The topological polar surface area (TPSA) is 101 Å². The third-order valence-corrected chi connectivity index (χ3v) is 0.175. The molecule has 8 heavy (non-hydrogen) atoms. The van der Waals surface area contributed by atoms with E-state index in [-0.39, 0.29) is 13.0 Å². The SMILES string of the molecule is NCC(=O)O.O=CO. The number of aliphatic carboxylic acids is 1. The number of hydrogen-bond acceptors (Lipinski definition) is 3. The van der Waals surface area contributed by atoms with Gasteiger partial charge in [0.05, 0.1) is 6.54 Å². The highest BCUT2D eigenvalue weighted by Gasteiger charge is 1.81. The first-order chi connectivity index (χ1) is 3.68. The molecule has 0 saturated heterocycles. The van der Waals surface area contributed by atoms with E-state index < -0.39 is 5.97 Å². The molecule has 5 heteroatoms. The van der Waals surface area contributed by atoms with E-state index >= 15 is 0 Å². The quantitative estimate of drug-likeness (QED) is 0.375. The summed E-state index contributed by atoms with van der Waals surface area (Å²) < 4.78 is 0. The van der Waals surface area contributed by atoms with Crippen molar-refractivity contribution in [2.24, 2.45) is 5.73 Å². The summed E-state index contributed by atoms with van der Waals surface area (Å²) in [7, 11) is 0. The summed E-state index contributed by atoms with van der Waals surface area (Å²) in [6.45, 7) is -0.528. The van der Waals surface area contributed by atoms with Crippen LogP contribution in [0.5, 0.6) is 0 Å². The summed E-state index contributed by atoms with van der Waals surface area (Å²) in [6, 6.07) is 0. The van der Waals surface area contributed by atoms with Crippen LogP contribution in [0, 0.1) is 0 Å². The van der Waals surface area contributed by atoms with Crippen molar-refractivity contribution in [1.82, 2.24) is 0 Å². The molecule has 0 radical (unpaired) electrons. The van der Waals surface area contributed by atoms with Gasteiger partial charge in [0, 0.05) is 0 Å². The fraction of sp³-hybridized carbons (Fsp3) is 0.333. The second-order valence-corrected chi connectivity index (χ2v) is 0.703. The Labute approximate surface area is 45.7 Å². The van der Waals surface area contributed by atoms with Gasteiger partial charge in [-0.15, -0.1) is 0 Å². The fourth-order valence-corrected chi connectivity index (χ4v) is 0. The molecule has 0 fully saturated rings. The predicted octanol–water partition coefficient (Wildman–Crippen LogP) is -1.27. The Kier molecular flexibility index (Phi) is 11.6. The maximum Gasteiger partial charge on any atom is 0.317 e. The number of nitrogens with two attached hydrogens (primary N) is 1. The van der Waals surface area contributed by atoms with Gasteiger partial charge in [0.2, 0.25) is 0 Å². The average molecular weight is 121 g/mol. The van der Waals surface area contributed by atoms with Crippen molar-refractivity contribution in [3.05, 3.63) is 0 Å². The van der Waals surface area contributed by atoms with Gasteiger partial charge in [0.25, 0.3) is 6.47 Å². The van der Waals surface area contributed by atoms with Gasteiger partial charge in [0.15, 0.2) is 0 Å². The zero-order chi connectivity index (χ0) is 6.99. The monoisotopic (exact) mass is 121 g/mol. The summed E-state index contributed by atoms with van der Waals surface area (Å²) in [4.78, 5) is 17.6. The summed E-state index contributed by atoms with van der Waals surface area (Å²) >= 11 is 0. The number of carboxylic acid groups (broad SMARTS) is 2. The van der Waals surface area contributed by atoms with Crippen LogP contribution in [0.4, 0.5) is 0 Å². The Bertz CT molecular complexity index is 71.7. The number of carboxylic acids is 1. The lowest BCUT2D eigenvalue weighted by atomic mass is 10.7. The molecule has 0 aliphatic heterocycles. The molecule has 0 spiro atoms. The van der Waals surface area contributed by atoms with E-state index in [9.17, 15) is 4.79 Å². The molecule has 48 valence electrons. The average Bonchev–Trinajstić information content (AvgIpc) is 1.69. The lowest BCUT2D eigenvalue weighted by Crippen LogP contribution is -2.10. The smallest absolute Gasteiger partial charge is 0.317 e. The number of hydrogen-bond donors (Lipinski definition) is 3. The predicted molar refractivity (Wildman–Crippen MR) is 25.4 cm³/mol. The fourth-order valence-electron chi connectivity index (χ4n) is 0. The lowest BCUT2D eigenvalue weighted by Gasteiger charge is -1.73. The summed E-state index contributed by atoms with van der Waals surface area (Å²) in [5.41, 5.74) is 4.57. The highest BCUT2D eigenvalue weighted by atomic mass is 16.4. The zero-order valence-electron chi connectivity index (χ0n) is 4.07. The van der Waals surface area contributed by atoms with E-state index in [0.717, 1.165) is 0 Å². The van der Waals surface area contributed by atoms with E-state index in [4.69, 9.17) is 15.0 Å². The van der Waals surface area contributed by atoms with E-state index in [2.05, 4.69) is 5.73 Å². The molecule has 5 nitrogen and oxygen atoms in total. The molecule has 0 amide bonds. The maximum absolute atomic E-state index is 9.24. The highest BCUT2D eigenvalue weighted by Crippen LogP contribution is 1.43. The van der Waals surface area contributed by atoms with Crippen LogP contribution in [-0.2, 0) is 9.59 Å². The van der Waals surface area contributed by atoms with Crippen LogP contribution in [0.1, 0.15) is 0 Å². The van der Waals surface area contributed by atoms with Crippen molar-refractivity contribution in [3.8, 4) is 0 Å². The number of carbonyl (C=O) groups is 2. The highest BCUT2D eigenvalue weighted by molar-refractivity contribution is 5.68. The van der Waals surface area contributed by atoms with Gasteiger partial charge < -0.3 is 15.9 Å². The van der Waals surface area contributed by atoms with Gasteiger partial charge in [-0.2, -0.15) is 0 Å². The molecule has 0 unspecified atom stereocenters. The molecule has 0 heterocycles. The van der Waals surface area contributed by atoms with Crippen LogP contribution in [-0.4, -0.2) is 29.2 Å². The van der Waals surface area contributed by atoms with Gasteiger partial charge >= 0.3 is 5.97 Å². The molecular formula is C3H7NO4. The second-order valence-electron chi connectivity index (χ2n) is 0.703. The third kappa shape index (κ3) is 92.0. The van der Waals surface area contributed by atoms with Gasteiger partial charge in [0.1, 0.15) is 0 Å². The minimum Gasteiger partial charge on any atom is -0.483 e. The van der Waals surface area contributed by atoms with Crippen molar-refractivity contribution in [1.29, 1.82) is 0 Å². The molecule has 0 aromatic heterocycles. The van der Waals surface area contributed by atoms with Crippen LogP contribution in [0.2, 0.25) is 0 Å². The third-order valence-electron chi connectivity index (χ3n) is 0.175. The van der Waals surface area contributed by atoms with Crippen LogP contribution in [0.3, 0.4) is 0 Å². The Morgan fingerprint density at radius 1 is 1.75 bits per heavy atom. The molecule has 0 bridgehead atoms. The van der Waals surface area contributed by atoms with Gasteiger partial charge in [-0.05, 0) is 0 Å². The Morgan fingerprint density at radius 2 is 1.88 bits per heavy atom. The molecule has 0 aliphatic carbocycles. The minimum atomic E-state index is -0.968. The van der Waals surface area contributed by atoms with E-state index in [1.54, 1.807) is 0 Å². The zero-order valence-corrected chi connectivity index (χ0v) is 4.07. The Hall–Kier alpha value is -1.10. The van der Waals surface area contributed by atoms with Crippen LogP contribution in [0.15, 0.2) is 0 Å². The summed E-state index contributed by atoms with van der Waals surface area (Å²) in [6.07, 6.45) is 0. The van der Waals surface area contributed by atoms with Crippen LogP contribution < -0.4 is 5.73 Å². The minimum absolute atomic E-state index is 0.250. The van der Waals surface area contributed by atoms with Gasteiger partial charge in [-0.3, -0.25) is 9.59 Å². The van der Waals surface area contributed by atoms with Crippen molar-refractivity contribution >= 4 is 12.4 Å². The second kappa shape index (κ2) is 9.31. The largest absolute Gasteiger partial charge is 0.483 e. The first-order valence-corrected chi connectivity index (χ1v) is 1.68.